The van der Waals surface area contributed by atoms with Crippen LogP contribution in [0.2, 0.25) is 0 Å². The Morgan fingerprint density at radius 3 is 1.61 bits per heavy atom. The van der Waals surface area contributed by atoms with Crippen molar-refractivity contribution in [2.24, 2.45) is 0 Å². The second-order valence-corrected chi connectivity index (χ2v) is 17.6. The minimum Gasteiger partial charge on any atom is -0.341 e. The van der Waals surface area contributed by atoms with Crippen LogP contribution < -0.4 is 15.1 Å². The number of imidazole rings is 2. The molecule has 0 atom stereocenters. The van der Waals surface area contributed by atoms with E-state index in [9.17, 15) is 9.59 Å². The van der Waals surface area contributed by atoms with Gasteiger partial charge < -0.3 is 30.0 Å². The number of fused-ring (bicyclic) bond motifs is 4. The Bertz CT molecular complexity index is 3530. The van der Waals surface area contributed by atoms with Gasteiger partial charge in [0.1, 0.15) is 11.0 Å². The maximum absolute atomic E-state index is 13.3. The lowest BCUT2D eigenvalue weighted by atomic mass is 10.0. The molecule has 0 radical (unpaired) electrons. The van der Waals surface area contributed by atoms with E-state index in [0.29, 0.717) is 62.8 Å². The molecule has 2 aromatic carbocycles. The molecule has 2 saturated heterocycles. The third kappa shape index (κ3) is 9.00. The first kappa shape index (κ1) is 44.1. The number of aromatic amines is 2. The number of hydrogen-bond acceptors (Lipinski definition) is 16. The number of aromatic nitrogens is 12. The lowest BCUT2D eigenvalue weighted by Gasteiger charge is -2.35. The van der Waals surface area contributed by atoms with E-state index < -0.39 is 0 Å². The lowest BCUT2D eigenvalue weighted by molar-refractivity contribution is 0.102. The van der Waals surface area contributed by atoms with Gasteiger partial charge >= 0.3 is 0 Å². The van der Waals surface area contributed by atoms with Crippen LogP contribution in [-0.2, 0) is 0 Å². The Morgan fingerprint density at radius 2 is 1.09 bits per heavy atom. The van der Waals surface area contributed by atoms with Gasteiger partial charge in [0.15, 0.2) is 22.9 Å². The van der Waals surface area contributed by atoms with Crippen LogP contribution in [-0.4, -0.2) is 136 Å². The molecule has 70 heavy (non-hydrogen) atoms. The number of nitrogens with zero attached hydrogens (tertiary/aromatic N) is 13. The Kier molecular flexibility index (Phi) is 12.1. The maximum Gasteiger partial charge on any atom is 0.228 e. The SMILES string of the molecule is CN(C)C1CCN(c2ncc3[nH]c(C(=O)c4ccnc(-c5cncc6ccccc56)c4)nc3n2)CC1.O=C(c1ccnc(-c2cncc3ccccc23)c1)c1nc2nc(N3CCCNCC3)ncc2[nH]1. The summed E-state index contributed by atoms with van der Waals surface area (Å²) in [5.74, 6) is 1.30. The first-order valence-electron chi connectivity index (χ1n) is 23.3. The van der Waals surface area contributed by atoms with Crippen molar-refractivity contribution in [2.75, 3.05) is 63.2 Å². The van der Waals surface area contributed by atoms with Crippen molar-refractivity contribution in [3.63, 3.8) is 0 Å². The van der Waals surface area contributed by atoms with Crippen molar-refractivity contribution in [1.29, 1.82) is 0 Å². The number of rotatable bonds is 9. The molecule has 2 aliphatic rings. The summed E-state index contributed by atoms with van der Waals surface area (Å²) in [6, 6.07) is 23.5. The molecule has 2 aliphatic heterocycles. The van der Waals surface area contributed by atoms with Crippen molar-refractivity contribution < 1.29 is 9.59 Å². The Labute approximate surface area is 401 Å². The molecular weight excluding hydrogens is 881 g/mol. The van der Waals surface area contributed by atoms with E-state index in [1.54, 1.807) is 61.4 Å². The Morgan fingerprint density at radius 1 is 0.571 bits per heavy atom. The van der Waals surface area contributed by atoms with E-state index >= 15 is 0 Å². The zero-order chi connectivity index (χ0) is 47.6. The average Bonchev–Trinajstić information content (AvgIpc) is 3.95. The molecule has 0 aliphatic carbocycles. The van der Waals surface area contributed by atoms with Crippen LogP contribution >= 0.6 is 0 Å². The van der Waals surface area contributed by atoms with Gasteiger partial charge in [-0.3, -0.25) is 29.5 Å². The zero-order valence-corrected chi connectivity index (χ0v) is 38.6. The number of ketones is 2. The molecule has 10 aromatic rings. The van der Waals surface area contributed by atoms with Crippen molar-refractivity contribution in [2.45, 2.75) is 25.3 Å². The first-order valence-corrected chi connectivity index (χ1v) is 23.3. The standard InChI is InChI=1S/C27H26N8O.C25H22N8O/c1-34(2)19-8-11-35(12-9-19)27-30-16-23-25(33-27)32-26(31-23)24(36)17-7-10-29-22(13-17)21-15-28-14-18-5-3-4-6-20(18)21;34-22(16-6-8-28-20(12-16)19-14-27-13-17-4-1-2-5-18(17)19)24-30-21-15-29-25(32-23(21)31-24)33-10-3-7-26-9-11-33/h3-7,10,13-16,19H,8-9,11-12H2,1-2H3,(H,30,31,32,33);1-2,4-6,8,12-15,26H,3,7,9-11H2,(H,29,30,31,32). The highest BCUT2D eigenvalue weighted by Crippen LogP contribution is 2.29. The van der Waals surface area contributed by atoms with Crippen LogP contribution in [0.3, 0.4) is 0 Å². The lowest BCUT2D eigenvalue weighted by Crippen LogP contribution is -2.42. The van der Waals surface area contributed by atoms with E-state index in [-0.39, 0.29) is 23.2 Å². The monoisotopic (exact) mass is 928 g/mol. The minimum absolute atomic E-state index is 0.224. The average molecular weight is 929 g/mol. The largest absolute Gasteiger partial charge is 0.341 e. The molecule has 2 fully saturated rings. The molecule has 18 nitrogen and oxygen atoms in total. The highest BCUT2D eigenvalue weighted by atomic mass is 16.1. The Hall–Kier alpha value is -8.48. The predicted molar refractivity (Wildman–Crippen MR) is 269 cm³/mol. The molecular formula is C52H48N16O2. The van der Waals surface area contributed by atoms with Crippen molar-refractivity contribution >= 4 is 67.3 Å². The molecule has 0 saturated carbocycles. The van der Waals surface area contributed by atoms with Crippen molar-refractivity contribution in [1.82, 2.24) is 70.0 Å². The highest BCUT2D eigenvalue weighted by molar-refractivity contribution is 6.09. The smallest absolute Gasteiger partial charge is 0.228 e. The fraction of sp³-hybridized carbons (Fsp3) is 0.231. The summed E-state index contributed by atoms with van der Waals surface area (Å²) < 4.78 is 0. The van der Waals surface area contributed by atoms with Crippen LogP contribution in [0.15, 0.2) is 122 Å². The maximum atomic E-state index is 13.3. The molecule has 3 N–H and O–H groups in total. The van der Waals surface area contributed by atoms with E-state index in [1.165, 1.54) is 0 Å². The predicted octanol–water partition coefficient (Wildman–Crippen LogP) is 6.72. The summed E-state index contributed by atoms with van der Waals surface area (Å²) in [5.41, 5.74) is 6.34. The second-order valence-electron chi connectivity index (χ2n) is 17.6. The van der Waals surface area contributed by atoms with Gasteiger partial charge in [-0.25, -0.2) is 19.9 Å². The van der Waals surface area contributed by atoms with E-state index in [2.05, 4.69) is 93.9 Å². The summed E-state index contributed by atoms with van der Waals surface area (Å²) in [5, 5.41) is 7.48. The number of anilines is 2. The van der Waals surface area contributed by atoms with Gasteiger partial charge in [0.2, 0.25) is 23.5 Å². The second kappa shape index (κ2) is 19.3. The van der Waals surface area contributed by atoms with E-state index in [4.69, 9.17) is 0 Å². The van der Waals surface area contributed by atoms with Gasteiger partial charge in [-0.15, -0.1) is 0 Å². The van der Waals surface area contributed by atoms with Gasteiger partial charge in [-0.05, 0) is 74.9 Å². The van der Waals surface area contributed by atoms with Crippen LogP contribution in [0, 0.1) is 0 Å². The molecule has 0 spiro atoms. The van der Waals surface area contributed by atoms with Crippen molar-refractivity contribution in [3.8, 4) is 22.5 Å². The van der Waals surface area contributed by atoms with E-state index in [1.807, 2.05) is 60.9 Å². The number of carbonyl (C=O) groups is 2. The number of nitrogens with one attached hydrogen (secondary N) is 3. The number of benzene rings is 2. The van der Waals surface area contributed by atoms with E-state index in [0.717, 1.165) is 91.2 Å². The number of hydrogen-bond donors (Lipinski definition) is 3. The first-order chi connectivity index (χ1) is 34.3. The Balaban J connectivity index is 0.000000153. The number of pyridine rings is 4. The van der Waals surface area contributed by atoms with Crippen LogP contribution in [0.4, 0.5) is 11.9 Å². The molecule has 18 heteroatoms. The van der Waals surface area contributed by atoms with Gasteiger partial charge in [0.25, 0.3) is 0 Å². The summed E-state index contributed by atoms with van der Waals surface area (Å²) >= 11 is 0. The van der Waals surface area contributed by atoms with Crippen molar-refractivity contribution in [3.05, 3.63) is 145 Å². The molecule has 0 amide bonds. The molecule has 8 aromatic heterocycles. The topological polar surface area (TPSA) is 216 Å². The van der Waals surface area contributed by atoms with Gasteiger partial charge in [-0.2, -0.15) is 9.97 Å². The molecule has 348 valence electrons. The number of H-pyrrole nitrogens is 2. The van der Waals surface area contributed by atoms with Gasteiger partial charge in [-0.1, -0.05) is 48.5 Å². The molecule has 0 bridgehead atoms. The zero-order valence-electron chi connectivity index (χ0n) is 38.6. The van der Waals surface area contributed by atoms with Crippen LogP contribution in [0.25, 0.3) is 66.4 Å². The third-order valence-corrected chi connectivity index (χ3v) is 12.9. The van der Waals surface area contributed by atoms with Gasteiger partial charge in [0, 0.05) is 109 Å². The fourth-order valence-electron chi connectivity index (χ4n) is 9.10. The molecule has 12 rings (SSSR count). The van der Waals surface area contributed by atoms with Crippen LogP contribution in [0.5, 0.6) is 0 Å². The fourth-order valence-corrected chi connectivity index (χ4v) is 9.10. The summed E-state index contributed by atoms with van der Waals surface area (Å²) in [6.07, 6.45) is 17.0. The highest BCUT2D eigenvalue weighted by Gasteiger charge is 2.24. The number of carbonyl (C=O) groups excluding carboxylic acids is 2. The van der Waals surface area contributed by atoms with Crippen LogP contribution in [0.1, 0.15) is 51.6 Å². The molecule has 10 heterocycles. The van der Waals surface area contributed by atoms with Gasteiger partial charge in [0.05, 0.1) is 23.8 Å². The quantitative estimate of drug-likeness (QED) is 0.128. The summed E-state index contributed by atoms with van der Waals surface area (Å²) in [4.78, 5) is 84.4. The minimum atomic E-state index is -0.227. The normalized spacial score (nSPS) is 14.6. The summed E-state index contributed by atoms with van der Waals surface area (Å²) in [6.45, 7) is 5.40. The summed E-state index contributed by atoms with van der Waals surface area (Å²) in [7, 11) is 4.24. The molecule has 0 unspecified atom stereocenters. The number of piperidine rings is 1. The third-order valence-electron chi connectivity index (χ3n) is 12.9.